The van der Waals surface area contributed by atoms with Crippen molar-refractivity contribution in [2.45, 2.75) is 13.5 Å². The van der Waals surface area contributed by atoms with Gasteiger partial charge < -0.3 is 23.9 Å². The number of ether oxygens (including phenoxy) is 2. The van der Waals surface area contributed by atoms with Gasteiger partial charge in [-0.2, -0.15) is 8.42 Å². The lowest BCUT2D eigenvalue weighted by molar-refractivity contribution is -0.128. The van der Waals surface area contributed by atoms with Crippen molar-refractivity contribution in [1.29, 1.82) is 0 Å². The van der Waals surface area contributed by atoms with Crippen molar-refractivity contribution in [3.63, 3.8) is 0 Å². The number of fused-ring (bicyclic) bond motifs is 1. The predicted octanol–water partition coefficient (Wildman–Crippen LogP) is 4.70. The lowest BCUT2D eigenvalue weighted by Crippen LogP contribution is -2.20. The molecule has 0 saturated carbocycles. The van der Waals surface area contributed by atoms with Gasteiger partial charge in [-0.15, -0.1) is 0 Å². The summed E-state index contributed by atoms with van der Waals surface area (Å²) in [5.41, 5.74) is 3.15. The monoisotopic (exact) mass is 667 g/mol. The zero-order valence-electron chi connectivity index (χ0n) is 25.3. The lowest BCUT2D eigenvalue weighted by Gasteiger charge is -2.16. The zero-order chi connectivity index (χ0) is 33.3. The van der Waals surface area contributed by atoms with Gasteiger partial charge in [0.05, 0.1) is 12.9 Å². The first-order chi connectivity index (χ1) is 21.9. The predicted molar refractivity (Wildman–Crippen MR) is 176 cm³/mol. The fraction of sp³-hybridized carbons (Fsp3) is 0.188. The third-order valence-corrected chi connectivity index (χ3v) is 10.3. The van der Waals surface area contributed by atoms with Crippen molar-refractivity contribution in [2.75, 3.05) is 24.9 Å². The summed E-state index contributed by atoms with van der Waals surface area (Å²) in [6.07, 6.45) is 4.15. The fourth-order valence-corrected chi connectivity index (χ4v) is 5.49. The van der Waals surface area contributed by atoms with Gasteiger partial charge in [-0.05, 0) is 48.9 Å². The molecule has 0 fully saturated rings. The Hall–Kier alpha value is -4.92. The molecule has 2 aromatic heterocycles. The number of hydrogen-bond acceptors (Lipinski definition) is 10. The van der Waals surface area contributed by atoms with Crippen LogP contribution in [0.5, 0.6) is 11.5 Å². The molecule has 5 rings (SSSR count). The molecule has 5 aromatic rings. The van der Waals surface area contributed by atoms with Crippen LogP contribution in [-0.4, -0.2) is 52.0 Å². The van der Waals surface area contributed by atoms with Gasteiger partial charge in [-0.25, -0.2) is 12.6 Å². The summed E-state index contributed by atoms with van der Waals surface area (Å²) in [6, 6.07) is 26.0. The molecule has 3 aromatic carbocycles. The summed E-state index contributed by atoms with van der Waals surface area (Å²) in [6.45, 7) is 2.56. The molecule has 12 nitrogen and oxygen atoms in total. The van der Waals surface area contributed by atoms with E-state index in [-0.39, 0.29) is 5.56 Å². The first-order valence-electron chi connectivity index (χ1n) is 13.9. The van der Waals surface area contributed by atoms with Crippen LogP contribution in [0.3, 0.4) is 0 Å². The number of carbonyl (C=O) groups excluding carboxylic acids is 1. The summed E-state index contributed by atoms with van der Waals surface area (Å²) in [5.74, 6) is 1.09. The van der Waals surface area contributed by atoms with Crippen LogP contribution in [0.25, 0.3) is 22.0 Å². The summed E-state index contributed by atoms with van der Waals surface area (Å²) in [4.78, 5) is 22.5. The molecule has 0 saturated heterocycles. The van der Waals surface area contributed by atoms with E-state index in [4.69, 9.17) is 4.74 Å². The fourth-order valence-electron chi connectivity index (χ4n) is 4.44. The van der Waals surface area contributed by atoms with E-state index in [9.17, 15) is 26.4 Å². The third-order valence-electron chi connectivity index (χ3n) is 6.62. The molecule has 14 heteroatoms. The van der Waals surface area contributed by atoms with Gasteiger partial charge in [-0.3, -0.25) is 9.59 Å². The molecule has 0 aliphatic carbocycles. The number of aromatic nitrogens is 2. The minimum absolute atomic E-state index is 0.163. The lowest BCUT2D eigenvalue weighted by atomic mass is 10.0. The highest BCUT2D eigenvalue weighted by Gasteiger charge is 2.25. The smallest absolute Gasteiger partial charge is 0.376 e. The number of hydrogen-bond donors (Lipinski definition) is 1. The number of benzene rings is 3. The Labute approximate surface area is 266 Å². The molecule has 0 aliphatic heterocycles. The number of aryl methyl sites for hydroxylation is 1. The Morgan fingerprint density at radius 3 is 2.17 bits per heavy atom. The number of para-hydroxylation sites is 1. The first-order valence-corrected chi connectivity index (χ1v) is 17.7. The van der Waals surface area contributed by atoms with E-state index in [0.717, 1.165) is 5.56 Å². The summed E-state index contributed by atoms with van der Waals surface area (Å²) in [7, 11) is -7.57. The van der Waals surface area contributed by atoms with Gasteiger partial charge in [0.1, 0.15) is 23.7 Å². The van der Waals surface area contributed by atoms with Gasteiger partial charge in [-0.1, -0.05) is 48.5 Å². The molecule has 46 heavy (non-hydrogen) atoms. The van der Waals surface area contributed by atoms with Crippen molar-refractivity contribution in [3.05, 3.63) is 113 Å². The topological polar surface area (TPSA) is 152 Å². The number of carbonyl (C=O) groups is 1. The second kappa shape index (κ2) is 14.9. The molecule has 0 spiro atoms. The minimum atomic E-state index is -4.80. The second-order valence-electron chi connectivity index (χ2n) is 9.88. The van der Waals surface area contributed by atoms with Crippen molar-refractivity contribution in [1.82, 2.24) is 9.13 Å². The Morgan fingerprint density at radius 2 is 1.57 bits per heavy atom. The highest BCUT2D eigenvalue weighted by Crippen LogP contribution is 2.38. The average molecular weight is 668 g/mol. The van der Waals surface area contributed by atoms with Gasteiger partial charge >= 0.3 is 9.15 Å². The highest BCUT2D eigenvalue weighted by atomic mass is 33.2. The molecule has 1 N–H and O–H groups in total. The summed E-state index contributed by atoms with van der Waals surface area (Å²) < 4.78 is 65.0. The molecule has 2 heterocycles. The average Bonchev–Trinajstić information content (AvgIpc) is 3.44. The molecule has 0 atom stereocenters. The van der Waals surface area contributed by atoms with Gasteiger partial charge in [0.2, 0.25) is 0 Å². The molecule has 0 radical (unpaired) electrons. The highest BCUT2D eigenvalue weighted by molar-refractivity contribution is 8.65. The Bertz CT molecular complexity index is 2080. The number of anilines is 1. The van der Waals surface area contributed by atoms with Crippen molar-refractivity contribution in [3.8, 4) is 22.6 Å². The SMILES string of the molecule is CCOC=O.Cn1cc(-c2cc(NCOS(=O)(=O)S(C)(=O)=O)ccc2Oc2ccccc2)c2ccn(Cc3ccccc3)c2c1=O. The number of pyridine rings is 1. The summed E-state index contributed by atoms with van der Waals surface area (Å²) >= 11 is 0. The van der Waals surface area contributed by atoms with Crippen LogP contribution in [-0.2, 0) is 45.3 Å². The Kier molecular flexibility index (Phi) is 11.0. The normalized spacial score (nSPS) is 11.4. The van der Waals surface area contributed by atoms with Crippen LogP contribution in [0.1, 0.15) is 12.5 Å². The molecule has 0 unspecified atom stereocenters. The molecule has 242 valence electrons. The number of nitrogens with zero attached hydrogens (tertiary/aromatic N) is 2. The van der Waals surface area contributed by atoms with Gasteiger partial charge in [0, 0.05) is 48.2 Å². The largest absolute Gasteiger partial charge is 0.468 e. The van der Waals surface area contributed by atoms with E-state index < -0.39 is 24.8 Å². The van der Waals surface area contributed by atoms with Crippen LogP contribution in [0.2, 0.25) is 0 Å². The molecule has 0 aliphatic rings. The molecule has 0 amide bonds. The second-order valence-corrected chi connectivity index (χ2v) is 15.4. The quantitative estimate of drug-likeness (QED) is 0.113. The Morgan fingerprint density at radius 1 is 0.891 bits per heavy atom. The maximum Gasteiger partial charge on any atom is 0.376 e. The molecule has 0 bridgehead atoms. The van der Waals surface area contributed by atoms with Crippen molar-refractivity contribution >= 4 is 41.1 Å². The molecular formula is C32H33N3O9S2. The van der Waals surface area contributed by atoms with E-state index in [1.54, 1.807) is 38.4 Å². The van der Waals surface area contributed by atoms with Gasteiger partial charge in [0.25, 0.3) is 20.9 Å². The van der Waals surface area contributed by atoms with E-state index in [1.165, 1.54) is 4.57 Å². The van der Waals surface area contributed by atoms with Crippen LogP contribution in [0.15, 0.2) is 102 Å². The van der Waals surface area contributed by atoms with E-state index in [1.807, 2.05) is 77.5 Å². The number of nitrogens with one attached hydrogen (secondary N) is 1. The Balaban J connectivity index is 0.000000892. The van der Waals surface area contributed by atoms with Gasteiger partial charge in [0.15, 0.2) is 0 Å². The van der Waals surface area contributed by atoms with E-state index in [2.05, 4.69) is 14.2 Å². The van der Waals surface area contributed by atoms with E-state index >= 15 is 0 Å². The van der Waals surface area contributed by atoms with Crippen molar-refractivity contribution < 1.29 is 35.3 Å². The molecular weight excluding hydrogens is 634 g/mol. The minimum Gasteiger partial charge on any atom is -0.468 e. The van der Waals surface area contributed by atoms with E-state index in [0.29, 0.717) is 65.1 Å². The zero-order valence-corrected chi connectivity index (χ0v) is 27.0. The van der Waals surface area contributed by atoms with Crippen LogP contribution in [0.4, 0.5) is 5.69 Å². The standard InChI is InChI=1S/C29H27N3O7S2.C3H6O2/c1-31-19-26(24-15-16-32(28(24)29(31)33)18-21-9-5-3-6-10-21)25-17-22(30-20-38-41(36,37)40(2,34)35)13-14-27(25)39-23-11-7-4-8-12-23;1-2-5-3-4/h3-17,19,30H,18,20H2,1-2H3;3H,2H2,1H3. The number of rotatable bonds is 12. The van der Waals surface area contributed by atoms with Crippen LogP contribution < -0.4 is 15.6 Å². The summed E-state index contributed by atoms with van der Waals surface area (Å²) in [5, 5.41) is 3.49. The van der Waals surface area contributed by atoms with Crippen LogP contribution in [0, 0.1) is 0 Å². The first kappa shape index (κ1) is 34.0. The van der Waals surface area contributed by atoms with Crippen LogP contribution >= 0.6 is 0 Å². The van der Waals surface area contributed by atoms with Crippen molar-refractivity contribution in [2.24, 2.45) is 7.05 Å². The third kappa shape index (κ3) is 8.21. The maximum atomic E-state index is 13.3. The maximum absolute atomic E-state index is 13.3.